The average molecular weight is 429 g/mol. The van der Waals surface area contributed by atoms with E-state index in [9.17, 15) is 0 Å². The second-order valence-electron chi connectivity index (χ2n) is 4.22. The second kappa shape index (κ2) is 5.98. The Morgan fingerprint density at radius 3 is 2.67 bits per heavy atom. The molecular weight excluding hydrogens is 418 g/mol. The molecule has 3 rings (SSSR count). The highest BCUT2D eigenvalue weighted by Crippen LogP contribution is 2.41. The van der Waals surface area contributed by atoms with E-state index in [1.54, 1.807) is 7.11 Å². The van der Waals surface area contributed by atoms with Crippen LogP contribution in [0.4, 0.5) is 0 Å². The lowest BCUT2D eigenvalue weighted by Crippen LogP contribution is -1.99. The standard InChI is InChI=1S/C14H11Br2N3OS/c1-20-10-6-4-3-5-8(10)13-12(16)11(15)9-7-17-14(21-2)18-19(9)13/h3-7H,1-2H3. The molecule has 0 atom stereocenters. The monoisotopic (exact) mass is 427 g/mol. The molecule has 0 bridgehead atoms. The Morgan fingerprint density at radius 1 is 1.19 bits per heavy atom. The normalized spacial score (nSPS) is 11.0. The van der Waals surface area contributed by atoms with Gasteiger partial charge in [-0.3, -0.25) is 0 Å². The van der Waals surface area contributed by atoms with Gasteiger partial charge in [0.25, 0.3) is 0 Å². The predicted molar refractivity (Wildman–Crippen MR) is 92.2 cm³/mol. The summed E-state index contributed by atoms with van der Waals surface area (Å²) in [5.74, 6) is 0.800. The van der Waals surface area contributed by atoms with Crippen LogP contribution in [0.25, 0.3) is 16.8 Å². The van der Waals surface area contributed by atoms with E-state index >= 15 is 0 Å². The van der Waals surface area contributed by atoms with Crippen molar-refractivity contribution >= 4 is 49.1 Å². The number of thioether (sulfide) groups is 1. The van der Waals surface area contributed by atoms with Crippen LogP contribution in [0.5, 0.6) is 5.75 Å². The van der Waals surface area contributed by atoms with Gasteiger partial charge in [-0.05, 0) is 50.2 Å². The van der Waals surface area contributed by atoms with Gasteiger partial charge in [0.05, 0.1) is 33.5 Å². The first-order valence-corrected chi connectivity index (χ1v) is 8.88. The van der Waals surface area contributed by atoms with Crippen LogP contribution in [-0.4, -0.2) is 28.0 Å². The van der Waals surface area contributed by atoms with Gasteiger partial charge in [-0.1, -0.05) is 23.9 Å². The molecule has 4 nitrogen and oxygen atoms in total. The van der Waals surface area contributed by atoms with Crippen molar-refractivity contribution in [3.05, 3.63) is 39.4 Å². The fourth-order valence-electron chi connectivity index (χ4n) is 2.13. The fourth-order valence-corrected chi connectivity index (χ4v) is 3.50. The molecule has 1 aromatic carbocycles. The molecule has 0 aliphatic rings. The molecule has 0 N–H and O–H groups in total. The Morgan fingerprint density at radius 2 is 1.95 bits per heavy atom. The molecule has 7 heteroatoms. The number of fused-ring (bicyclic) bond motifs is 1. The van der Waals surface area contributed by atoms with E-state index in [1.165, 1.54) is 11.8 Å². The largest absolute Gasteiger partial charge is 0.496 e. The van der Waals surface area contributed by atoms with Gasteiger partial charge in [0.1, 0.15) is 5.75 Å². The van der Waals surface area contributed by atoms with E-state index in [4.69, 9.17) is 4.74 Å². The van der Waals surface area contributed by atoms with Crippen molar-refractivity contribution in [1.82, 2.24) is 14.6 Å². The summed E-state index contributed by atoms with van der Waals surface area (Å²) in [4.78, 5) is 4.33. The summed E-state index contributed by atoms with van der Waals surface area (Å²) in [5.41, 5.74) is 2.81. The Balaban J connectivity index is 2.38. The van der Waals surface area contributed by atoms with E-state index in [2.05, 4.69) is 41.9 Å². The molecule has 2 aromatic heterocycles. The molecule has 0 spiro atoms. The third-order valence-electron chi connectivity index (χ3n) is 3.09. The molecule has 0 saturated carbocycles. The van der Waals surface area contributed by atoms with E-state index in [0.717, 1.165) is 31.5 Å². The highest BCUT2D eigenvalue weighted by molar-refractivity contribution is 9.13. The molecule has 21 heavy (non-hydrogen) atoms. The van der Waals surface area contributed by atoms with Crippen LogP contribution in [0.2, 0.25) is 0 Å². The molecular formula is C14H11Br2N3OS. The number of hydrogen-bond acceptors (Lipinski definition) is 4. The van der Waals surface area contributed by atoms with Crippen LogP contribution in [0.15, 0.2) is 44.6 Å². The second-order valence-corrected chi connectivity index (χ2v) is 6.58. The zero-order valence-electron chi connectivity index (χ0n) is 11.3. The number of methoxy groups -OCH3 is 1. The van der Waals surface area contributed by atoms with Gasteiger partial charge in [0.15, 0.2) is 0 Å². The molecule has 108 valence electrons. The van der Waals surface area contributed by atoms with Crippen molar-refractivity contribution in [2.45, 2.75) is 5.16 Å². The third kappa shape index (κ3) is 2.47. The minimum Gasteiger partial charge on any atom is -0.496 e. The van der Waals surface area contributed by atoms with Crippen molar-refractivity contribution in [2.24, 2.45) is 0 Å². The summed E-state index contributed by atoms with van der Waals surface area (Å²) in [6.07, 6.45) is 3.77. The lowest BCUT2D eigenvalue weighted by Gasteiger charge is -2.09. The van der Waals surface area contributed by atoms with Gasteiger partial charge in [-0.15, -0.1) is 5.10 Å². The van der Waals surface area contributed by atoms with E-state index < -0.39 is 0 Å². The Labute approximate surface area is 143 Å². The predicted octanol–water partition coefficient (Wildman–Crippen LogP) is 4.65. The number of hydrogen-bond donors (Lipinski definition) is 0. The summed E-state index contributed by atoms with van der Waals surface area (Å²) >= 11 is 8.75. The quantitative estimate of drug-likeness (QED) is 0.569. The van der Waals surface area contributed by atoms with Crippen LogP contribution >= 0.6 is 43.6 Å². The summed E-state index contributed by atoms with van der Waals surface area (Å²) in [5, 5.41) is 5.30. The molecule has 0 radical (unpaired) electrons. The number of nitrogens with zero attached hydrogens (tertiary/aromatic N) is 3. The lowest BCUT2D eigenvalue weighted by molar-refractivity contribution is 0.416. The SMILES string of the molecule is COc1ccccc1-c1c(Br)c(Br)c2cnc(SC)nn12. The molecule has 0 saturated heterocycles. The van der Waals surface area contributed by atoms with Crippen molar-refractivity contribution in [3.8, 4) is 17.0 Å². The summed E-state index contributed by atoms with van der Waals surface area (Å²) in [6.45, 7) is 0. The maximum atomic E-state index is 5.47. The van der Waals surface area contributed by atoms with Gasteiger partial charge >= 0.3 is 0 Å². The van der Waals surface area contributed by atoms with Crippen molar-refractivity contribution in [1.29, 1.82) is 0 Å². The number of benzene rings is 1. The first-order chi connectivity index (χ1) is 10.2. The van der Waals surface area contributed by atoms with E-state index in [0.29, 0.717) is 5.16 Å². The molecule has 0 unspecified atom stereocenters. The third-order valence-corrected chi connectivity index (χ3v) is 5.75. The zero-order chi connectivity index (χ0) is 15.0. The topological polar surface area (TPSA) is 39.4 Å². The molecule has 3 aromatic rings. The Bertz CT molecular complexity index is 819. The van der Waals surface area contributed by atoms with E-state index in [-0.39, 0.29) is 0 Å². The highest BCUT2D eigenvalue weighted by Gasteiger charge is 2.20. The smallest absolute Gasteiger partial charge is 0.207 e. The van der Waals surface area contributed by atoms with E-state index in [1.807, 2.05) is 41.2 Å². The molecule has 0 amide bonds. The Hall–Kier alpha value is -1.05. The van der Waals surface area contributed by atoms with Crippen molar-refractivity contribution < 1.29 is 4.74 Å². The van der Waals surface area contributed by atoms with Gasteiger partial charge in [-0.2, -0.15) is 0 Å². The summed E-state index contributed by atoms with van der Waals surface area (Å²) < 4.78 is 9.21. The number of para-hydroxylation sites is 1. The van der Waals surface area contributed by atoms with Crippen LogP contribution in [0, 0.1) is 0 Å². The first kappa shape index (κ1) is 14.9. The van der Waals surface area contributed by atoms with Crippen LogP contribution in [0.3, 0.4) is 0 Å². The molecule has 0 fully saturated rings. The number of aromatic nitrogens is 3. The molecule has 0 aliphatic heterocycles. The van der Waals surface area contributed by atoms with Gasteiger partial charge in [0.2, 0.25) is 5.16 Å². The van der Waals surface area contributed by atoms with Crippen molar-refractivity contribution in [3.63, 3.8) is 0 Å². The number of halogens is 2. The number of rotatable bonds is 3. The van der Waals surface area contributed by atoms with Crippen LogP contribution < -0.4 is 4.74 Å². The summed E-state index contributed by atoms with van der Waals surface area (Å²) in [7, 11) is 1.67. The maximum Gasteiger partial charge on any atom is 0.207 e. The van der Waals surface area contributed by atoms with Gasteiger partial charge < -0.3 is 4.74 Å². The lowest BCUT2D eigenvalue weighted by atomic mass is 10.1. The van der Waals surface area contributed by atoms with Crippen molar-refractivity contribution in [2.75, 3.05) is 13.4 Å². The summed E-state index contributed by atoms with van der Waals surface area (Å²) in [6, 6.07) is 7.88. The first-order valence-electron chi connectivity index (χ1n) is 6.07. The fraction of sp³-hybridized carbons (Fsp3) is 0.143. The average Bonchev–Trinajstić information content (AvgIpc) is 2.78. The van der Waals surface area contributed by atoms with Crippen LogP contribution in [-0.2, 0) is 0 Å². The highest BCUT2D eigenvalue weighted by atomic mass is 79.9. The number of ether oxygens (including phenoxy) is 1. The van der Waals surface area contributed by atoms with Gasteiger partial charge in [-0.25, -0.2) is 9.50 Å². The minimum absolute atomic E-state index is 0.716. The van der Waals surface area contributed by atoms with Crippen LogP contribution in [0.1, 0.15) is 0 Å². The molecule has 2 heterocycles. The molecule has 0 aliphatic carbocycles. The zero-order valence-corrected chi connectivity index (χ0v) is 15.3. The van der Waals surface area contributed by atoms with Gasteiger partial charge in [0, 0.05) is 5.56 Å². The minimum atomic E-state index is 0.716. The Kier molecular flexibility index (Phi) is 4.24. The maximum absolute atomic E-state index is 5.47.